The van der Waals surface area contributed by atoms with E-state index in [1.54, 1.807) is 6.21 Å². The molecular weight excluding hydrogens is 374 g/mol. The van der Waals surface area contributed by atoms with E-state index in [2.05, 4.69) is 29.4 Å². The minimum atomic E-state index is -0.206. The third kappa shape index (κ3) is 4.56. The number of aromatic nitrogens is 1. The number of hydrogen-bond donors (Lipinski definition) is 2. The quantitative estimate of drug-likeness (QED) is 0.322. The molecule has 1 amide bonds. The summed E-state index contributed by atoms with van der Waals surface area (Å²) in [5.74, 6) is 1.29. The number of H-pyrrole nitrogens is 1. The van der Waals surface area contributed by atoms with Crippen molar-refractivity contribution in [2.45, 2.75) is 46.0 Å². The van der Waals surface area contributed by atoms with E-state index in [9.17, 15) is 4.79 Å². The highest BCUT2D eigenvalue weighted by molar-refractivity contribution is 5.99. The topological polar surface area (TPSA) is 66.5 Å². The molecule has 0 aliphatic heterocycles. The molecule has 1 aliphatic rings. The lowest BCUT2D eigenvalue weighted by Crippen LogP contribution is -2.17. The number of amides is 1. The van der Waals surface area contributed by atoms with Gasteiger partial charge in [-0.15, -0.1) is 0 Å². The monoisotopic (exact) mass is 403 g/mol. The van der Waals surface area contributed by atoms with Gasteiger partial charge in [0.05, 0.1) is 12.8 Å². The van der Waals surface area contributed by atoms with Crippen LogP contribution in [0.15, 0.2) is 47.6 Å². The fourth-order valence-corrected chi connectivity index (χ4v) is 3.98. The van der Waals surface area contributed by atoms with Gasteiger partial charge in [-0.2, -0.15) is 5.10 Å². The van der Waals surface area contributed by atoms with Crippen molar-refractivity contribution in [3.8, 4) is 5.75 Å². The van der Waals surface area contributed by atoms with Crippen LogP contribution in [0.25, 0.3) is 10.9 Å². The number of aromatic amines is 1. The number of aryl methyl sites for hydroxylation is 1. The lowest BCUT2D eigenvalue weighted by atomic mass is 9.87. The number of hydrogen-bond acceptors (Lipinski definition) is 3. The van der Waals surface area contributed by atoms with Crippen LogP contribution in [0.5, 0.6) is 5.75 Å². The summed E-state index contributed by atoms with van der Waals surface area (Å²) in [6.07, 6.45) is 7.13. The molecule has 1 unspecified atom stereocenters. The summed E-state index contributed by atoms with van der Waals surface area (Å²) in [5, 5.41) is 5.29. The summed E-state index contributed by atoms with van der Waals surface area (Å²) in [7, 11) is 0. The minimum absolute atomic E-state index is 0.206. The van der Waals surface area contributed by atoms with Crippen LogP contribution in [-0.4, -0.2) is 23.7 Å². The number of hydrazone groups is 1. The SMILES string of the molecule is CCCCOc1cccc(/C=N\NC(=O)c2ccc3[nH]c4c(c3c2)CC(C)CC4)c1. The fraction of sp³-hybridized carbons (Fsp3) is 0.360. The van der Waals surface area contributed by atoms with Gasteiger partial charge in [-0.1, -0.05) is 32.4 Å². The molecule has 0 saturated carbocycles. The van der Waals surface area contributed by atoms with E-state index >= 15 is 0 Å². The first kappa shape index (κ1) is 20.2. The molecule has 3 aromatic rings. The van der Waals surface area contributed by atoms with Gasteiger partial charge in [0.25, 0.3) is 5.91 Å². The van der Waals surface area contributed by atoms with Crippen LogP contribution in [0, 0.1) is 5.92 Å². The molecule has 1 aromatic heterocycles. The van der Waals surface area contributed by atoms with Crippen LogP contribution in [0.3, 0.4) is 0 Å². The first-order valence-corrected chi connectivity index (χ1v) is 10.8. The number of unbranched alkanes of at least 4 members (excludes halogenated alkanes) is 1. The van der Waals surface area contributed by atoms with Gasteiger partial charge in [0.1, 0.15) is 5.75 Å². The first-order chi connectivity index (χ1) is 14.6. The smallest absolute Gasteiger partial charge is 0.271 e. The van der Waals surface area contributed by atoms with Crippen molar-refractivity contribution in [2.75, 3.05) is 6.61 Å². The Morgan fingerprint density at radius 2 is 2.20 bits per heavy atom. The molecular formula is C25H29N3O2. The average Bonchev–Trinajstić information content (AvgIpc) is 3.11. The Balaban J connectivity index is 1.43. The second kappa shape index (κ2) is 9.16. The summed E-state index contributed by atoms with van der Waals surface area (Å²) in [6.45, 7) is 5.13. The maximum absolute atomic E-state index is 12.6. The third-order valence-electron chi connectivity index (χ3n) is 5.70. The Bertz CT molecular complexity index is 1070. The van der Waals surface area contributed by atoms with E-state index < -0.39 is 0 Å². The van der Waals surface area contributed by atoms with E-state index in [1.165, 1.54) is 17.7 Å². The fourth-order valence-electron chi connectivity index (χ4n) is 3.98. The van der Waals surface area contributed by atoms with Crippen molar-refractivity contribution in [1.82, 2.24) is 10.4 Å². The molecule has 2 aromatic carbocycles. The van der Waals surface area contributed by atoms with Gasteiger partial charge in [0.15, 0.2) is 0 Å². The number of rotatable bonds is 7. The van der Waals surface area contributed by atoms with Crippen molar-refractivity contribution in [3.63, 3.8) is 0 Å². The Kier molecular flexibility index (Phi) is 6.17. The second-order valence-electron chi connectivity index (χ2n) is 8.16. The summed E-state index contributed by atoms with van der Waals surface area (Å²) in [4.78, 5) is 16.1. The molecule has 30 heavy (non-hydrogen) atoms. The van der Waals surface area contributed by atoms with Gasteiger partial charge in [0.2, 0.25) is 0 Å². The van der Waals surface area contributed by atoms with Crippen LogP contribution >= 0.6 is 0 Å². The number of nitrogens with one attached hydrogen (secondary N) is 2. The predicted octanol–water partition coefficient (Wildman–Crippen LogP) is 5.24. The molecule has 5 nitrogen and oxygen atoms in total. The van der Waals surface area contributed by atoms with E-state index in [0.29, 0.717) is 18.1 Å². The number of carbonyl (C=O) groups is 1. The first-order valence-electron chi connectivity index (χ1n) is 10.8. The zero-order valence-electron chi connectivity index (χ0n) is 17.7. The standard InChI is InChI=1S/C25H29N3O2/c1-3-4-12-30-20-7-5-6-18(14-20)16-26-28-25(29)19-9-11-24-22(15-19)21-13-17(2)8-10-23(21)27-24/h5-7,9,11,14-17,27H,3-4,8,10,12-13H2,1-2H3,(H,28,29)/b26-16-. The minimum Gasteiger partial charge on any atom is -0.494 e. The number of fused-ring (bicyclic) bond motifs is 3. The van der Waals surface area contributed by atoms with E-state index in [0.717, 1.165) is 47.9 Å². The lowest BCUT2D eigenvalue weighted by molar-refractivity contribution is 0.0955. The zero-order valence-corrected chi connectivity index (χ0v) is 17.7. The largest absolute Gasteiger partial charge is 0.494 e. The normalized spacial score (nSPS) is 16.0. The molecule has 1 aliphatic carbocycles. The molecule has 0 saturated heterocycles. The van der Waals surface area contributed by atoms with Gasteiger partial charge >= 0.3 is 0 Å². The molecule has 156 valence electrons. The Labute approximate surface area is 177 Å². The van der Waals surface area contributed by atoms with Gasteiger partial charge in [-0.05, 0) is 73.1 Å². The number of carbonyl (C=O) groups excluding carboxylic acids is 1. The number of ether oxygens (including phenoxy) is 1. The van der Waals surface area contributed by atoms with Crippen molar-refractivity contribution >= 4 is 23.0 Å². The summed E-state index contributed by atoms with van der Waals surface area (Å²) >= 11 is 0. The van der Waals surface area contributed by atoms with Crippen LogP contribution in [0.4, 0.5) is 0 Å². The van der Waals surface area contributed by atoms with Crippen molar-refractivity contribution in [3.05, 3.63) is 64.8 Å². The molecule has 1 heterocycles. The lowest BCUT2D eigenvalue weighted by Gasteiger charge is -2.18. The molecule has 5 heteroatoms. The average molecular weight is 404 g/mol. The molecule has 0 bridgehead atoms. The van der Waals surface area contributed by atoms with Crippen LogP contribution < -0.4 is 10.2 Å². The molecule has 0 radical (unpaired) electrons. The number of benzene rings is 2. The maximum Gasteiger partial charge on any atom is 0.271 e. The van der Waals surface area contributed by atoms with Crippen LogP contribution in [0.2, 0.25) is 0 Å². The highest BCUT2D eigenvalue weighted by Crippen LogP contribution is 2.32. The Morgan fingerprint density at radius 3 is 3.07 bits per heavy atom. The predicted molar refractivity (Wildman–Crippen MR) is 121 cm³/mol. The van der Waals surface area contributed by atoms with Crippen LogP contribution in [0.1, 0.15) is 60.3 Å². The molecule has 0 fully saturated rings. The van der Waals surface area contributed by atoms with Crippen LogP contribution in [-0.2, 0) is 12.8 Å². The van der Waals surface area contributed by atoms with Crippen molar-refractivity contribution in [1.29, 1.82) is 0 Å². The highest BCUT2D eigenvalue weighted by Gasteiger charge is 2.20. The van der Waals surface area contributed by atoms with Crippen molar-refractivity contribution < 1.29 is 9.53 Å². The third-order valence-corrected chi connectivity index (χ3v) is 5.70. The maximum atomic E-state index is 12.6. The van der Waals surface area contributed by atoms with Gasteiger partial charge < -0.3 is 9.72 Å². The molecule has 0 spiro atoms. The van der Waals surface area contributed by atoms with Gasteiger partial charge in [-0.25, -0.2) is 5.43 Å². The summed E-state index contributed by atoms with van der Waals surface area (Å²) in [5.41, 5.74) is 7.94. The van der Waals surface area contributed by atoms with E-state index in [4.69, 9.17) is 4.74 Å². The Morgan fingerprint density at radius 1 is 1.30 bits per heavy atom. The summed E-state index contributed by atoms with van der Waals surface area (Å²) in [6, 6.07) is 13.5. The molecule has 4 rings (SSSR count). The van der Waals surface area contributed by atoms with Crippen molar-refractivity contribution in [2.24, 2.45) is 11.0 Å². The van der Waals surface area contributed by atoms with E-state index in [-0.39, 0.29) is 5.91 Å². The second-order valence-corrected chi connectivity index (χ2v) is 8.16. The highest BCUT2D eigenvalue weighted by atomic mass is 16.5. The molecule has 2 N–H and O–H groups in total. The van der Waals surface area contributed by atoms with Gasteiger partial charge in [-0.3, -0.25) is 4.79 Å². The Hall–Kier alpha value is -3.08. The number of nitrogens with zero attached hydrogens (tertiary/aromatic N) is 1. The zero-order chi connectivity index (χ0) is 20.9. The summed E-state index contributed by atoms with van der Waals surface area (Å²) < 4.78 is 5.72. The van der Waals surface area contributed by atoms with Gasteiger partial charge in [0, 0.05) is 22.2 Å². The molecule has 1 atom stereocenters. The van der Waals surface area contributed by atoms with E-state index in [1.807, 2.05) is 42.5 Å².